The van der Waals surface area contributed by atoms with Gasteiger partial charge in [0.25, 0.3) is 41.4 Å². The van der Waals surface area contributed by atoms with Gasteiger partial charge in [-0.25, -0.2) is 9.80 Å². The van der Waals surface area contributed by atoms with Gasteiger partial charge in [-0.3, -0.25) is 91.1 Å². The molecule has 13 aromatic carbocycles. The number of hydrogen-bond acceptors (Lipinski definition) is 21. The van der Waals surface area contributed by atoms with Gasteiger partial charge in [0.05, 0.1) is 45.5 Å². The van der Waals surface area contributed by atoms with Gasteiger partial charge in [-0.15, -0.1) is 6.58 Å². The molecule has 0 saturated heterocycles. The zero-order valence-corrected chi connectivity index (χ0v) is 80.1. The van der Waals surface area contributed by atoms with Crippen LogP contribution in [-0.4, -0.2) is 140 Å². The van der Waals surface area contributed by atoms with E-state index in [4.69, 9.17) is 39.5 Å². The summed E-state index contributed by atoms with van der Waals surface area (Å²) < 4.78 is 5.10. The van der Waals surface area contributed by atoms with Crippen LogP contribution in [0.25, 0.3) is 11.1 Å². The molecule has 0 spiro atoms. The van der Waals surface area contributed by atoms with Crippen molar-refractivity contribution in [3.8, 4) is 5.75 Å². The molecule has 7 amide bonds. The van der Waals surface area contributed by atoms with Crippen LogP contribution in [0.5, 0.6) is 5.75 Å². The number of halogens is 3. The minimum absolute atomic E-state index is 0.0127. The third-order valence-electron chi connectivity index (χ3n) is 24.4. The Labute approximate surface area is 853 Å². The van der Waals surface area contributed by atoms with Crippen LogP contribution < -0.4 is 20.7 Å². The molecule has 0 radical (unpaired) electrons. The SMILES string of the molecule is C=C(C)N(C)C1=C(Cl)C(=O)c2ccccc2C1=O.C=CCCC1=C(Cl)C(=O)c2ccccc2C1=O.COc1ccc(C(=O)NC2=C(c3ccccc3)C(=O)c3ccccc3C2=O)cc1.O=C(NC1=C(Cl)C(=O)c2ccccc2C1=O)c1ccccc1.O=C(NC1=C(c2ccccc2)C(=O)c2ccccc2C1=O)c1ccccc1.O=C1C(N2C(=O)c3ccccc3C2=O)=C(N2C(=O)c3ccccc3C2=O)C(=O)c2ccccc21. The molecule has 0 aromatic heterocycles. The number of rotatable bonds is 16. The van der Waals surface area contributed by atoms with E-state index in [-0.39, 0.29) is 145 Å². The highest BCUT2D eigenvalue weighted by atomic mass is 35.5. The van der Waals surface area contributed by atoms with Crippen molar-refractivity contribution >= 4 is 157 Å². The number of imide groups is 2. The maximum Gasteiger partial charge on any atom is 0.266 e. The molecule has 29 heteroatoms. The highest BCUT2D eigenvalue weighted by Gasteiger charge is 2.51. The number of carbonyl (C=O) groups excluding carboxylic acids is 19. The molecule has 147 heavy (non-hydrogen) atoms. The fourth-order valence-electron chi connectivity index (χ4n) is 16.9. The Bertz CT molecular complexity index is 7990. The average Bonchev–Trinajstić information content (AvgIpc) is 1.57. The monoisotopic (exact) mass is 2000 g/mol. The molecule has 26 nitrogen and oxygen atoms in total. The number of amides is 7. The molecule has 0 saturated carbocycles. The lowest BCUT2D eigenvalue weighted by molar-refractivity contribution is 0.0618. The zero-order chi connectivity index (χ0) is 104. The molecule has 0 fully saturated rings. The second-order valence-corrected chi connectivity index (χ2v) is 34.4. The highest BCUT2D eigenvalue weighted by molar-refractivity contribution is 6.52. The van der Waals surface area contributed by atoms with E-state index in [0.29, 0.717) is 106 Å². The second kappa shape index (κ2) is 43.6. The summed E-state index contributed by atoms with van der Waals surface area (Å²) in [6.07, 6.45) is 2.80. The normalized spacial score (nSPS) is 14.5. The Hall–Kier alpha value is -19.0. The fourth-order valence-corrected chi connectivity index (χ4v) is 17.8. The summed E-state index contributed by atoms with van der Waals surface area (Å²) in [6, 6.07) is 92.2. The predicted octanol–water partition coefficient (Wildman–Crippen LogP) is 20.1. The molecule has 21 rings (SSSR count). The van der Waals surface area contributed by atoms with Gasteiger partial charge in [0.2, 0.25) is 52.0 Å². The Morgan fingerprint density at radius 1 is 0.299 bits per heavy atom. The molecule has 0 bridgehead atoms. The van der Waals surface area contributed by atoms with Gasteiger partial charge in [-0.1, -0.05) is 314 Å². The number of methoxy groups -OCH3 is 1. The lowest BCUT2D eigenvalue weighted by atomic mass is 9.84. The van der Waals surface area contributed by atoms with Gasteiger partial charge in [0, 0.05) is 102 Å². The zero-order valence-electron chi connectivity index (χ0n) is 77.9. The molecule has 0 atom stereocenters. The van der Waals surface area contributed by atoms with Crippen LogP contribution in [-0.2, 0) is 0 Å². The molecule has 8 aliphatic rings. The standard InChI is InChI=1S/C26H12N2O6.C24H17NO4.C23H15NO3.C17H10ClNO3.C14H12ClNO2.C14H11ClO2/c29-21-13-7-1-2-8-14(13)22(30)20(28-25(33)17-11-5-6-12-18(17)26(28)34)19(21)27-23(31)15-9-3-4-10-16(15)24(27)32;1-29-17-13-11-16(12-14-17)24(28)25-21-20(15-7-3-2-4-8-15)22(26)18-9-5-6-10-19(18)23(21)27;25-21-17-13-7-8-14-18(17)22(26)20(19(21)15-9-3-1-4-10-15)24-23(27)16-11-5-2-6-12-16;18-13-14(19-17(22)10-6-2-1-3-7-10)16(21)12-9-5-4-8-11(12)15(13)20;1-8(2)16(3)12-11(15)13(17)9-6-4-5-7-10(9)14(12)18;1-2-3-6-11-12(15)14(17)10-8-5-4-7-9(10)13(11)16/h1-12H;2-14H,1H3,(H,25,28);1-14H,(H,24,27);1-9H,(H,19,22);4-7H,1H2,2-3H3;2,4-5,7-8H,1,3,6H2. The van der Waals surface area contributed by atoms with E-state index in [2.05, 4.69) is 29.1 Å². The lowest BCUT2D eigenvalue weighted by Crippen LogP contribution is -2.44. The Kier molecular flexibility index (Phi) is 29.9. The minimum atomic E-state index is -0.815. The van der Waals surface area contributed by atoms with Crippen molar-refractivity contribution < 1.29 is 95.8 Å². The molecular weight excluding hydrogens is 1930 g/mol. The van der Waals surface area contributed by atoms with Gasteiger partial charge in [-0.2, -0.15) is 0 Å². The molecule has 2 heterocycles. The Balaban J connectivity index is 0.000000128. The first-order chi connectivity index (χ1) is 70.9. The van der Waals surface area contributed by atoms with Gasteiger partial charge < -0.3 is 25.6 Å². The predicted molar refractivity (Wildman–Crippen MR) is 547 cm³/mol. The van der Waals surface area contributed by atoms with Crippen molar-refractivity contribution in [3.05, 3.63) is 536 Å². The summed E-state index contributed by atoms with van der Waals surface area (Å²) in [5.74, 6) is -8.91. The van der Waals surface area contributed by atoms with Gasteiger partial charge in [0.15, 0.2) is 17.3 Å². The largest absolute Gasteiger partial charge is 0.497 e. The number of ether oxygens (including phenoxy) is 1. The second-order valence-electron chi connectivity index (χ2n) is 33.2. The minimum Gasteiger partial charge on any atom is -0.497 e. The topological polar surface area (TPSA) is 379 Å². The van der Waals surface area contributed by atoms with E-state index in [1.807, 2.05) is 12.1 Å². The molecular formula is C118H77Cl3N6O20. The van der Waals surface area contributed by atoms with Gasteiger partial charge >= 0.3 is 0 Å². The molecule has 13 aromatic rings. The summed E-state index contributed by atoms with van der Waals surface area (Å²) in [6.45, 7) is 9.09. The molecule has 3 N–H and O–H groups in total. The van der Waals surface area contributed by atoms with Gasteiger partial charge in [0.1, 0.15) is 50.0 Å². The first-order valence-corrected chi connectivity index (χ1v) is 46.3. The van der Waals surface area contributed by atoms with Crippen LogP contribution in [0.15, 0.2) is 419 Å². The van der Waals surface area contributed by atoms with Crippen molar-refractivity contribution in [2.75, 3.05) is 14.2 Å². The third kappa shape index (κ3) is 19.7. The summed E-state index contributed by atoms with van der Waals surface area (Å²) in [7, 11) is 3.20. The van der Waals surface area contributed by atoms with E-state index in [1.165, 1.54) is 67.8 Å². The number of ketones is 12. The third-order valence-corrected chi connectivity index (χ3v) is 25.5. The maximum absolute atomic E-state index is 13.6. The highest BCUT2D eigenvalue weighted by Crippen LogP contribution is 2.42. The molecule has 2 aliphatic heterocycles. The quantitative estimate of drug-likeness (QED) is 0.0597. The first-order valence-electron chi connectivity index (χ1n) is 45.2. The molecule has 6 aliphatic carbocycles. The van der Waals surface area contributed by atoms with E-state index in [9.17, 15) is 91.1 Å². The van der Waals surface area contributed by atoms with E-state index in [1.54, 1.807) is 292 Å². The van der Waals surface area contributed by atoms with Crippen molar-refractivity contribution in [1.29, 1.82) is 0 Å². The number of Topliss-reactive ketones (excluding diaryl/α,β-unsaturated/α-hetero) is 12. The van der Waals surface area contributed by atoms with Crippen LogP contribution in [0.4, 0.5) is 0 Å². The number of fused-ring (bicyclic) bond motifs is 8. The Morgan fingerprint density at radius 2 is 0.551 bits per heavy atom. The van der Waals surface area contributed by atoms with Gasteiger partial charge in [-0.05, 0) is 104 Å². The van der Waals surface area contributed by atoms with Crippen LogP contribution >= 0.6 is 34.8 Å². The summed E-state index contributed by atoms with van der Waals surface area (Å²) in [4.78, 5) is 246. The lowest BCUT2D eigenvalue weighted by Gasteiger charge is -2.29. The number of allylic oxidation sites excluding steroid dienone is 14. The number of hydrogen-bond donors (Lipinski definition) is 3. The number of carbonyl (C=O) groups is 19. The Morgan fingerprint density at radius 3 is 0.871 bits per heavy atom. The van der Waals surface area contributed by atoms with Crippen LogP contribution in [0.2, 0.25) is 0 Å². The van der Waals surface area contributed by atoms with Crippen LogP contribution in [0, 0.1) is 0 Å². The van der Waals surface area contributed by atoms with E-state index < -0.39 is 75.9 Å². The van der Waals surface area contributed by atoms with E-state index >= 15 is 0 Å². The van der Waals surface area contributed by atoms with Crippen molar-refractivity contribution in [2.24, 2.45) is 0 Å². The molecule has 720 valence electrons. The number of nitrogens with zero attached hydrogens (tertiary/aromatic N) is 3. The first kappa shape index (κ1) is 101. The van der Waals surface area contributed by atoms with Crippen LogP contribution in [0.3, 0.4) is 0 Å². The number of likely N-dealkylation sites (N-methyl/N-ethyl adjacent to an activating group) is 1. The van der Waals surface area contributed by atoms with Crippen molar-refractivity contribution in [1.82, 2.24) is 30.7 Å². The fraction of sp³-hybridized carbons (Fsp3) is 0.0424. The maximum atomic E-state index is 13.6. The van der Waals surface area contributed by atoms with Crippen molar-refractivity contribution in [2.45, 2.75) is 19.8 Å². The average molecular weight is 2010 g/mol. The van der Waals surface area contributed by atoms with E-state index in [0.717, 1.165) is 0 Å². The summed E-state index contributed by atoms with van der Waals surface area (Å²) in [5.41, 5.74) is 6.02. The number of benzene rings is 13. The number of nitrogens with one attached hydrogen (secondary N) is 3. The van der Waals surface area contributed by atoms with Crippen LogP contribution in [0.1, 0.15) is 228 Å². The molecule has 0 unspecified atom stereocenters. The smallest absolute Gasteiger partial charge is 0.266 e. The van der Waals surface area contributed by atoms with Crippen molar-refractivity contribution in [3.63, 3.8) is 0 Å². The summed E-state index contributed by atoms with van der Waals surface area (Å²) in [5, 5.41) is 7.52. The summed E-state index contributed by atoms with van der Waals surface area (Å²) >= 11 is 18.0.